The quantitative estimate of drug-likeness (QED) is 0.801. The van der Waals surface area contributed by atoms with Gasteiger partial charge in [-0.2, -0.15) is 0 Å². The monoisotopic (exact) mass is 268 g/mol. The lowest BCUT2D eigenvalue weighted by atomic mass is 9.89. The molecule has 0 aliphatic carbocycles. The van der Waals surface area contributed by atoms with Gasteiger partial charge in [0.05, 0.1) is 6.10 Å². The molecule has 3 atom stereocenters. The SMILES string of the molecule is CCCNC1CCN(CC2CCCCO2)CC1CC. The molecule has 2 fully saturated rings. The second-order valence-corrected chi connectivity index (χ2v) is 6.27. The van der Waals surface area contributed by atoms with Crippen molar-refractivity contribution in [2.75, 3.05) is 32.8 Å². The molecule has 0 saturated carbocycles. The van der Waals surface area contributed by atoms with Crippen LogP contribution in [0, 0.1) is 5.92 Å². The molecule has 2 aliphatic heterocycles. The molecule has 0 aromatic carbocycles. The van der Waals surface area contributed by atoms with Crippen LogP contribution in [0.4, 0.5) is 0 Å². The minimum Gasteiger partial charge on any atom is -0.377 e. The van der Waals surface area contributed by atoms with Crippen molar-refractivity contribution >= 4 is 0 Å². The minimum absolute atomic E-state index is 0.506. The Balaban J connectivity index is 1.75. The zero-order valence-corrected chi connectivity index (χ0v) is 12.9. The van der Waals surface area contributed by atoms with Crippen molar-refractivity contribution < 1.29 is 4.74 Å². The number of rotatable bonds is 6. The molecule has 0 aromatic rings. The summed E-state index contributed by atoms with van der Waals surface area (Å²) in [5.41, 5.74) is 0. The Morgan fingerprint density at radius 2 is 2.11 bits per heavy atom. The van der Waals surface area contributed by atoms with Gasteiger partial charge in [0.2, 0.25) is 0 Å². The van der Waals surface area contributed by atoms with Gasteiger partial charge in [-0.15, -0.1) is 0 Å². The molecule has 1 N–H and O–H groups in total. The lowest BCUT2D eigenvalue weighted by Gasteiger charge is -2.40. The molecule has 0 aromatic heterocycles. The van der Waals surface area contributed by atoms with E-state index in [1.165, 1.54) is 58.2 Å². The van der Waals surface area contributed by atoms with Gasteiger partial charge in [0, 0.05) is 25.7 Å². The molecule has 3 unspecified atom stereocenters. The molecule has 2 heterocycles. The van der Waals surface area contributed by atoms with E-state index in [0.717, 1.165) is 25.1 Å². The zero-order chi connectivity index (χ0) is 13.5. The Morgan fingerprint density at radius 1 is 1.21 bits per heavy atom. The van der Waals surface area contributed by atoms with Crippen molar-refractivity contribution in [1.82, 2.24) is 10.2 Å². The second-order valence-electron chi connectivity index (χ2n) is 6.27. The normalized spacial score (nSPS) is 33.5. The Kier molecular flexibility index (Phi) is 6.62. The molecule has 3 nitrogen and oxygen atoms in total. The van der Waals surface area contributed by atoms with E-state index in [4.69, 9.17) is 4.74 Å². The first kappa shape index (κ1) is 15.3. The Morgan fingerprint density at radius 3 is 2.79 bits per heavy atom. The predicted octanol–water partition coefficient (Wildman–Crippen LogP) is 2.66. The third-order valence-electron chi connectivity index (χ3n) is 4.73. The summed E-state index contributed by atoms with van der Waals surface area (Å²) in [5, 5.41) is 3.74. The number of nitrogens with one attached hydrogen (secondary N) is 1. The zero-order valence-electron chi connectivity index (χ0n) is 12.9. The van der Waals surface area contributed by atoms with Crippen molar-refractivity contribution in [1.29, 1.82) is 0 Å². The summed E-state index contributed by atoms with van der Waals surface area (Å²) in [4.78, 5) is 2.65. The second kappa shape index (κ2) is 8.23. The van der Waals surface area contributed by atoms with Crippen LogP contribution in [0.3, 0.4) is 0 Å². The fourth-order valence-corrected chi connectivity index (χ4v) is 3.52. The van der Waals surface area contributed by atoms with Gasteiger partial charge in [-0.1, -0.05) is 20.3 Å². The molecular weight excluding hydrogens is 236 g/mol. The van der Waals surface area contributed by atoms with Crippen LogP contribution < -0.4 is 5.32 Å². The van der Waals surface area contributed by atoms with Crippen molar-refractivity contribution in [2.24, 2.45) is 5.92 Å². The van der Waals surface area contributed by atoms with Gasteiger partial charge < -0.3 is 15.0 Å². The predicted molar refractivity (Wildman–Crippen MR) is 80.5 cm³/mol. The maximum atomic E-state index is 5.88. The van der Waals surface area contributed by atoms with E-state index in [9.17, 15) is 0 Å². The van der Waals surface area contributed by atoms with Crippen LogP contribution in [-0.2, 0) is 4.74 Å². The fraction of sp³-hybridized carbons (Fsp3) is 1.00. The van der Waals surface area contributed by atoms with Crippen LogP contribution in [0.2, 0.25) is 0 Å². The summed E-state index contributed by atoms with van der Waals surface area (Å²) < 4.78 is 5.88. The summed E-state index contributed by atoms with van der Waals surface area (Å²) in [6, 6.07) is 0.744. The third kappa shape index (κ3) is 4.73. The smallest absolute Gasteiger partial charge is 0.0702 e. The number of likely N-dealkylation sites (tertiary alicyclic amines) is 1. The topological polar surface area (TPSA) is 24.5 Å². The van der Waals surface area contributed by atoms with Gasteiger partial charge >= 0.3 is 0 Å². The highest BCUT2D eigenvalue weighted by molar-refractivity contribution is 4.85. The van der Waals surface area contributed by atoms with E-state index >= 15 is 0 Å². The van der Waals surface area contributed by atoms with Crippen LogP contribution in [0.5, 0.6) is 0 Å². The molecule has 0 spiro atoms. The summed E-state index contributed by atoms with van der Waals surface area (Å²) in [6.45, 7) is 10.4. The van der Waals surface area contributed by atoms with E-state index in [1.54, 1.807) is 0 Å². The van der Waals surface area contributed by atoms with Crippen LogP contribution in [0.1, 0.15) is 52.4 Å². The lowest BCUT2D eigenvalue weighted by molar-refractivity contribution is -0.0157. The largest absolute Gasteiger partial charge is 0.377 e. The maximum absolute atomic E-state index is 5.88. The van der Waals surface area contributed by atoms with Crippen LogP contribution in [0.15, 0.2) is 0 Å². The average Bonchev–Trinajstić information content (AvgIpc) is 2.47. The number of hydrogen-bond donors (Lipinski definition) is 1. The van der Waals surface area contributed by atoms with Gasteiger partial charge in [0.15, 0.2) is 0 Å². The van der Waals surface area contributed by atoms with Crippen LogP contribution in [0.25, 0.3) is 0 Å². The molecule has 3 heteroatoms. The highest BCUT2D eigenvalue weighted by Gasteiger charge is 2.29. The number of piperidine rings is 1. The number of ether oxygens (including phenoxy) is 1. The van der Waals surface area contributed by atoms with E-state index in [1.807, 2.05) is 0 Å². The lowest BCUT2D eigenvalue weighted by Crippen LogP contribution is -2.51. The molecule has 0 amide bonds. The highest BCUT2D eigenvalue weighted by Crippen LogP contribution is 2.22. The standard InChI is InChI=1S/C16H32N2O/c1-3-9-17-16-8-10-18(12-14(16)4-2)13-15-7-5-6-11-19-15/h14-17H,3-13H2,1-2H3. The average molecular weight is 268 g/mol. The molecule has 0 bridgehead atoms. The van der Waals surface area contributed by atoms with Gasteiger partial charge in [-0.25, -0.2) is 0 Å². The molecular formula is C16H32N2O. The Hall–Kier alpha value is -0.120. The third-order valence-corrected chi connectivity index (χ3v) is 4.73. The first-order chi connectivity index (χ1) is 9.33. The van der Waals surface area contributed by atoms with Crippen molar-refractivity contribution in [3.8, 4) is 0 Å². The summed E-state index contributed by atoms with van der Waals surface area (Å²) in [5.74, 6) is 0.823. The summed E-state index contributed by atoms with van der Waals surface area (Å²) >= 11 is 0. The number of nitrogens with zero attached hydrogens (tertiary/aromatic N) is 1. The first-order valence-electron chi connectivity index (χ1n) is 8.40. The van der Waals surface area contributed by atoms with Crippen molar-refractivity contribution in [3.63, 3.8) is 0 Å². The van der Waals surface area contributed by atoms with Gasteiger partial charge in [0.1, 0.15) is 0 Å². The van der Waals surface area contributed by atoms with Gasteiger partial charge in [-0.05, 0) is 51.1 Å². The van der Waals surface area contributed by atoms with Gasteiger partial charge in [-0.3, -0.25) is 0 Å². The molecule has 19 heavy (non-hydrogen) atoms. The molecule has 112 valence electrons. The van der Waals surface area contributed by atoms with E-state index < -0.39 is 0 Å². The minimum atomic E-state index is 0.506. The summed E-state index contributed by atoms with van der Waals surface area (Å²) in [7, 11) is 0. The maximum Gasteiger partial charge on any atom is 0.0702 e. The highest BCUT2D eigenvalue weighted by atomic mass is 16.5. The molecule has 2 saturated heterocycles. The molecule has 2 rings (SSSR count). The van der Waals surface area contributed by atoms with Crippen molar-refractivity contribution in [3.05, 3.63) is 0 Å². The molecule has 2 aliphatic rings. The number of hydrogen-bond acceptors (Lipinski definition) is 3. The fourth-order valence-electron chi connectivity index (χ4n) is 3.52. The van der Waals surface area contributed by atoms with Crippen LogP contribution in [-0.4, -0.2) is 49.8 Å². The summed E-state index contributed by atoms with van der Waals surface area (Å²) in [6.07, 6.45) is 8.24. The molecule has 0 radical (unpaired) electrons. The van der Waals surface area contributed by atoms with Crippen LogP contribution >= 0.6 is 0 Å². The van der Waals surface area contributed by atoms with Crippen molar-refractivity contribution in [2.45, 2.75) is 64.5 Å². The Bertz CT molecular complexity index is 241. The van der Waals surface area contributed by atoms with Gasteiger partial charge in [0.25, 0.3) is 0 Å². The van der Waals surface area contributed by atoms with E-state index in [0.29, 0.717) is 6.10 Å². The first-order valence-corrected chi connectivity index (χ1v) is 8.40. The van der Waals surface area contributed by atoms with E-state index in [2.05, 4.69) is 24.1 Å². The van der Waals surface area contributed by atoms with E-state index in [-0.39, 0.29) is 0 Å². The Labute approximate surface area is 119 Å².